The second kappa shape index (κ2) is 2.77. The van der Waals surface area contributed by atoms with Crippen LogP contribution in [0.2, 0.25) is 0 Å². The van der Waals surface area contributed by atoms with E-state index in [1.165, 1.54) is 18.2 Å². The topological polar surface area (TPSA) is 110 Å². The molecule has 7 heteroatoms. The summed E-state index contributed by atoms with van der Waals surface area (Å²) in [4.78, 5) is 22.5. The van der Waals surface area contributed by atoms with E-state index in [2.05, 4.69) is 0 Å². The van der Waals surface area contributed by atoms with Crippen LogP contribution >= 0.6 is 0 Å². The lowest BCUT2D eigenvalue weighted by Crippen LogP contribution is -2.36. The first-order chi connectivity index (χ1) is 7.04. The van der Waals surface area contributed by atoms with E-state index in [0.29, 0.717) is 0 Å². The normalized spacial score (nSPS) is 10.7. The Morgan fingerprint density at radius 2 is 1.67 bits per heavy atom. The Morgan fingerprint density at radius 1 is 1.07 bits per heavy atom. The number of aromatic nitrogens is 2. The monoisotopic (exact) mass is 209 g/mol. The molecule has 0 bridgehead atoms. The number of hydrogen-bond acceptors (Lipinski definition) is 5. The number of benzene rings is 1. The average Bonchev–Trinajstić information content (AvgIpc) is 2.23. The van der Waals surface area contributed by atoms with Crippen molar-refractivity contribution >= 4 is 16.5 Å². The zero-order valence-electron chi connectivity index (χ0n) is 7.41. The lowest BCUT2D eigenvalue weighted by Gasteiger charge is -2.05. The Labute approximate surface area is 82.1 Å². The van der Waals surface area contributed by atoms with Gasteiger partial charge in [-0.15, -0.1) is 0 Å². The average molecular weight is 209 g/mol. The molecule has 0 saturated carbocycles. The second-order valence-corrected chi connectivity index (χ2v) is 2.96. The molecular weight excluding hydrogens is 202 g/mol. The van der Waals surface area contributed by atoms with E-state index in [1.54, 1.807) is 0 Å². The Kier molecular flexibility index (Phi) is 1.69. The largest absolute Gasteiger partial charge is 0.408 e. The predicted octanol–water partition coefficient (Wildman–Crippen LogP) is -0.780. The van der Waals surface area contributed by atoms with Crippen LogP contribution in [-0.2, 0) is 0 Å². The minimum atomic E-state index is -0.954. The van der Waals surface area contributed by atoms with Gasteiger partial charge in [0.05, 0.1) is 10.8 Å². The van der Waals surface area contributed by atoms with Gasteiger partial charge in [0.2, 0.25) is 0 Å². The van der Waals surface area contributed by atoms with Crippen LogP contribution in [0.5, 0.6) is 0 Å². The lowest BCUT2D eigenvalue weighted by molar-refractivity contribution is -0.0266. The van der Waals surface area contributed by atoms with Gasteiger partial charge in [0.25, 0.3) is 0 Å². The molecule has 0 unspecified atom stereocenters. The molecule has 0 aliphatic heterocycles. The van der Waals surface area contributed by atoms with Crippen LogP contribution in [0.25, 0.3) is 10.8 Å². The van der Waals surface area contributed by atoms with Crippen molar-refractivity contribution < 1.29 is 10.4 Å². The van der Waals surface area contributed by atoms with Gasteiger partial charge in [-0.2, -0.15) is 0 Å². The van der Waals surface area contributed by atoms with E-state index in [9.17, 15) is 9.59 Å². The van der Waals surface area contributed by atoms with Crippen molar-refractivity contribution in [3.05, 3.63) is 38.9 Å². The van der Waals surface area contributed by atoms with E-state index >= 15 is 0 Å². The smallest absolute Gasteiger partial charge is 0.314 e. The van der Waals surface area contributed by atoms with Crippen molar-refractivity contribution in [1.29, 1.82) is 0 Å². The molecule has 1 heterocycles. The number of fused-ring (bicyclic) bond motifs is 1. The maximum atomic E-state index is 11.4. The van der Waals surface area contributed by atoms with Crippen molar-refractivity contribution in [3.63, 3.8) is 0 Å². The lowest BCUT2D eigenvalue weighted by atomic mass is 10.1. The quantitative estimate of drug-likeness (QED) is 0.389. The molecule has 0 amide bonds. The fourth-order valence-electron chi connectivity index (χ4n) is 1.37. The van der Waals surface area contributed by atoms with Crippen LogP contribution in [0.4, 0.5) is 5.69 Å². The first-order valence-corrected chi connectivity index (χ1v) is 3.99. The molecule has 2 aromatic rings. The SMILES string of the molecule is Nc1cccc2c(=O)n(O)n(O)c(=O)c12. The summed E-state index contributed by atoms with van der Waals surface area (Å²) in [6.45, 7) is 0. The molecule has 0 fully saturated rings. The molecule has 1 aromatic heterocycles. The van der Waals surface area contributed by atoms with Crippen LogP contribution in [0.3, 0.4) is 0 Å². The summed E-state index contributed by atoms with van der Waals surface area (Å²) in [5, 5.41) is 18.0. The Balaban J connectivity index is 3.23. The van der Waals surface area contributed by atoms with Crippen LogP contribution < -0.4 is 16.9 Å². The van der Waals surface area contributed by atoms with E-state index in [0.717, 1.165) is 0 Å². The molecule has 0 radical (unpaired) electrons. The number of nitrogens with two attached hydrogens (primary N) is 1. The molecule has 4 N–H and O–H groups in total. The predicted molar refractivity (Wildman–Crippen MR) is 51.2 cm³/mol. The Hall–Kier alpha value is -2.44. The first kappa shape index (κ1) is 9.13. The molecule has 7 nitrogen and oxygen atoms in total. The van der Waals surface area contributed by atoms with Crippen LogP contribution in [-0.4, -0.2) is 20.1 Å². The molecule has 78 valence electrons. The molecule has 0 spiro atoms. The zero-order valence-corrected chi connectivity index (χ0v) is 7.41. The Bertz CT molecular complexity index is 655. The van der Waals surface area contributed by atoms with Crippen LogP contribution in [0.1, 0.15) is 0 Å². The summed E-state index contributed by atoms with van der Waals surface area (Å²) in [6, 6.07) is 4.23. The van der Waals surface area contributed by atoms with E-state index in [4.69, 9.17) is 16.1 Å². The maximum Gasteiger partial charge on any atom is 0.314 e. The molecular formula is C8H7N3O4. The molecule has 0 saturated heterocycles. The number of anilines is 1. The maximum absolute atomic E-state index is 11.4. The standard InChI is InChI=1S/C8H7N3O4/c9-5-3-1-2-4-6(5)8(13)11(15)10(14)7(4)12/h1-3,14-15H,9H2. The van der Waals surface area contributed by atoms with Gasteiger partial charge in [0, 0.05) is 5.69 Å². The van der Waals surface area contributed by atoms with Gasteiger partial charge in [-0.3, -0.25) is 9.59 Å². The third-order valence-corrected chi connectivity index (χ3v) is 2.08. The zero-order chi connectivity index (χ0) is 11.2. The van der Waals surface area contributed by atoms with Gasteiger partial charge >= 0.3 is 11.1 Å². The summed E-state index contributed by atoms with van der Waals surface area (Å²) in [5.74, 6) is 0. The number of rotatable bonds is 0. The van der Waals surface area contributed by atoms with Gasteiger partial charge in [0.15, 0.2) is 0 Å². The highest BCUT2D eigenvalue weighted by molar-refractivity contribution is 5.91. The number of hydrogen-bond donors (Lipinski definition) is 3. The third kappa shape index (κ3) is 1.06. The molecule has 1 aromatic carbocycles. The van der Waals surface area contributed by atoms with Crippen molar-refractivity contribution in [3.8, 4) is 0 Å². The summed E-state index contributed by atoms with van der Waals surface area (Å²) in [5.41, 5.74) is 3.69. The number of nitrogen functional groups attached to an aromatic ring is 1. The minimum absolute atomic E-state index is 0.0483. The first-order valence-electron chi connectivity index (χ1n) is 3.99. The van der Waals surface area contributed by atoms with E-state index in [-0.39, 0.29) is 26.2 Å². The summed E-state index contributed by atoms with van der Waals surface area (Å²) in [6.07, 6.45) is 0. The highest BCUT2D eigenvalue weighted by Crippen LogP contribution is 2.12. The van der Waals surface area contributed by atoms with Gasteiger partial charge in [-0.1, -0.05) is 6.07 Å². The second-order valence-electron chi connectivity index (χ2n) is 2.96. The summed E-state index contributed by atoms with van der Waals surface area (Å²) in [7, 11) is 0. The molecule has 0 aliphatic rings. The molecule has 0 aliphatic carbocycles. The van der Waals surface area contributed by atoms with Crippen molar-refractivity contribution in [2.75, 3.05) is 5.73 Å². The highest BCUT2D eigenvalue weighted by atomic mass is 16.6. The van der Waals surface area contributed by atoms with E-state index in [1.807, 2.05) is 0 Å². The van der Waals surface area contributed by atoms with Crippen molar-refractivity contribution in [2.24, 2.45) is 0 Å². The summed E-state index contributed by atoms with van der Waals surface area (Å²) >= 11 is 0. The van der Waals surface area contributed by atoms with Gasteiger partial charge in [-0.05, 0) is 21.8 Å². The highest BCUT2D eigenvalue weighted by Gasteiger charge is 2.13. The molecule has 2 rings (SSSR count). The van der Waals surface area contributed by atoms with Crippen molar-refractivity contribution in [1.82, 2.24) is 9.69 Å². The third-order valence-electron chi connectivity index (χ3n) is 2.08. The van der Waals surface area contributed by atoms with Gasteiger partial charge in [0.1, 0.15) is 0 Å². The van der Waals surface area contributed by atoms with Crippen LogP contribution in [0.15, 0.2) is 27.8 Å². The summed E-state index contributed by atoms with van der Waals surface area (Å²) < 4.78 is 0. The Morgan fingerprint density at radius 3 is 2.33 bits per heavy atom. The fourth-order valence-corrected chi connectivity index (χ4v) is 1.37. The fraction of sp³-hybridized carbons (Fsp3) is 0. The minimum Gasteiger partial charge on any atom is -0.408 e. The van der Waals surface area contributed by atoms with Gasteiger partial charge < -0.3 is 16.1 Å². The van der Waals surface area contributed by atoms with Crippen molar-refractivity contribution in [2.45, 2.75) is 0 Å². The van der Waals surface area contributed by atoms with Gasteiger partial charge in [-0.25, -0.2) is 0 Å². The number of nitrogens with zero attached hydrogens (tertiary/aromatic N) is 2. The molecule has 15 heavy (non-hydrogen) atoms. The van der Waals surface area contributed by atoms with Crippen LogP contribution in [0, 0.1) is 0 Å². The molecule has 0 atom stereocenters. The van der Waals surface area contributed by atoms with E-state index < -0.39 is 11.1 Å².